The monoisotopic (exact) mass is 609 g/mol. The van der Waals surface area contributed by atoms with Gasteiger partial charge in [-0.15, -0.1) is 0 Å². The molecule has 0 aliphatic heterocycles. The van der Waals surface area contributed by atoms with Gasteiger partial charge in [0.25, 0.3) is 0 Å². The molecular weight excluding hydrogens is 562 g/mol. The van der Waals surface area contributed by atoms with Crippen LogP contribution in [0.25, 0.3) is 5.57 Å². The molecule has 238 valence electrons. The minimum Gasteiger partial charge on any atom is -0.497 e. The van der Waals surface area contributed by atoms with Gasteiger partial charge in [0.05, 0.1) is 14.2 Å². The van der Waals surface area contributed by atoms with Crippen LogP contribution < -0.4 is 14.4 Å². The summed E-state index contributed by atoms with van der Waals surface area (Å²) in [7, 11) is 7.19. The van der Waals surface area contributed by atoms with Crippen LogP contribution in [0, 0.1) is 0 Å². The van der Waals surface area contributed by atoms with E-state index in [-0.39, 0.29) is 17.3 Å². The molecule has 4 aromatic rings. The highest BCUT2D eigenvalue weighted by molar-refractivity contribution is 5.95. The van der Waals surface area contributed by atoms with Gasteiger partial charge >= 0.3 is 0 Å². The van der Waals surface area contributed by atoms with Gasteiger partial charge in [0.1, 0.15) is 11.5 Å². The lowest BCUT2D eigenvalue weighted by Crippen LogP contribution is -2.09. The number of benzene rings is 4. The van der Waals surface area contributed by atoms with Gasteiger partial charge < -0.3 is 14.4 Å². The molecule has 0 bridgehead atoms. The van der Waals surface area contributed by atoms with Gasteiger partial charge in [-0.3, -0.25) is 14.4 Å². The number of methoxy groups -OCH3 is 2. The molecule has 0 saturated carbocycles. The van der Waals surface area contributed by atoms with Crippen molar-refractivity contribution in [2.75, 3.05) is 33.2 Å². The number of nitrogens with zero attached hydrogens (tertiary/aromatic N) is 1. The van der Waals surface area contributed by atoms with Crippen molar-refractivity contribution >= 4 is 28.6 Å². The standard InChI is InChI=1S/C11H12O.C10H13NO.C9H10O2.C9H12O/c1-8(2)10-5-4-6-11(7-10)9(3)12;1-8(12)9-5-4-6-10(7-9)11(2)3;1-7(10)8-4-3-5-9(6-8)11-2;1-3-8-5-4-6-9(7-8)10-2/h4-7H,1H2,2-3H3;4-7H,1-3H3;3-6H,1-2H3;4-7H,3H2,1-2H3. The summed E-state index contributed by atoms with van der Waals surface area (Å²) in [5.74, 6) is 1.93. The van der Waals surface area contributed by atoms with Crippen molar-refractivity contribution in [3.8, 4) is 11.5 Å². The molecule has 0 aliphatic rings. The minimum absolute atomic E-state index is 0.0592. The van der Waals surface area contributed by atoms with E-state index in [9.17, 15) is 14.4 Å². The third-order valence-electron chi connectivity index (χ3n) is 6.55. The Hall–Kier alpha value is -4.97. The smallest absolute Gasteiger partial charge is 0.159 e. The second-order valence-corrected chi connectivity index (χ2v) is 10.4. The summed E-state index contributed by atoms with van der Waals surface area (Å²) in [6, 6.07) is 30.3. The molecule has 0 unspecified atom stereocenters. The Balaban J connectivity index is 0.000000301. The van der Waals surface area contributed by atoms with Crippen LogP contribution in [0.1, 0.15) is 76.8 Å². The molecule has 6 nitrogen and oxygen atoms in total. The first-order valence-corrected chi connectivity index (χ1v) is 14.7. The van der Waals surface area contributed by atoms with E-state index in [0.29, 0.717) is 5.56 Å². The molecule has 0 fully saturated rings. The molecule has 0 amide bonds. The van der Waals surface area contributed by atoms with E-state index in [1.165, 1.54) is 12.5 Å². The van der Waals surface area contributed by atoms with E-state index in [1.807, 2.05) is 92.6 Å². The van der Waals surface area contributed by atoms with E-state index in [1.54, 1.807) is 46.3 Å². The zero-order valence-corrected chi connectivity index (χ0v) is 28.1. The number of carbonyl (C=O) groups excluding carboxylic acids is 3. The summed E-state index contributed by atoms with van der Waals surface area (Å²) in [4.78, 5) is 34.8. The number of aryl methyl sites for hydroxylation is 1. The van der Waals surface area contributed by atoms with E-state index >= 15 is 0 Å². The van der Waals surface area contributed by atoms with Crippen molar-refractivity contribution in [2.24, 2.45) is 0 Å². The fraction of sp³-hybridized carbons (Fsp3) is 0.256. The number of hydrogen-bond donors (Lipinski definition) is 0. The normalized spacial score (nSPS) is 9.44. The van der Waals surface area contributed by atoms with Gasteiger partial charge in [-0.1, -0.05) is 73.7 Å². The number of Topliss-reactive ketones (excluding diaryl/α,β-unsaturated/α-hetero) is 3. The van der Waals surface area contributed by atoms with E-state index in [2.05, 4.69) is 25.6 Å². The van der Waals surface area contributed by atoms with Crippen LogP contribution >= 0.6 is 0 Å². The molecule has 6 heteroatoms. The highest BCUT2D eigenvalue weighted by atomic mass is 16.5. The quantitative estimate of drug-likeness (QED) is 0.186. The molecular formula is C39H47NO5. The molecule has 0 aromatic heterocycles. The predicted octanol–water partition coefficient (Wildman–Crippen LogP) is 9.03. The van der Waals surface area contributed by atoms with Crippen LogP contribution in [0.4, 0.5) is 5.69 Å². The maximum Gasteiger partial charge on any atom is 0.159 e. The molecule has 0 radical (unpaired) electrons. The molecule has 0 saturated heterocycles. The largest absolute Gasteiger partial charge is 0.497 e. The van der Waals surface area contributed by atoms with Crippen molar-refractivity contribution in [2.45, 2.75) is 41.0 Å². The first-order chi connectivity index (χ1) is 21.3. The van der Waals surface area contributed by atoms with Crippen LogP contribution in [0.3, 0.4) is 0 Å². The summed E-state index contributed by atoms with van der Waals surface area (Å²) in [6.07, 6.45) is 1.07. The molecule has 0 N–H and O–H groups in total. The highest BCUT2D eigenvalue weighted by Gasteiger charge is 2.01. The Bertz CT molecular complexity index is 1510. The number of rotatable bonds is 8. The lowest BCUT2D eigenvalue weighted by Gasteiger charge is -2.12. The molecule has 45 heavy (non-hydrogen) atoms. The van der Waals surface area contributed by atoms with Gasteiger partial charge in [-0.05, 0) is 87.7 Å². The van der Waals surface area contributed by atoms with Crippen LogP contribution in [0.2, 0.25) is 0 Å². The van der Waals surface area contributed by atoms with Crippen LogP contribution in [0.5, 0.6) is 11.5 Å². The number of carbonyl (C=O) groups is 3. The molecule has 0 atom stereocenters. The van der Waals surface area contributed by atoms with Gasteiger partial charge in [0, 0.05) is 36.5 Å². The summed E-state index contributed by atoms with van der Waals surface area (Å²) in [5, 5.41) is 0. The molecule has 0 spiro atoms. The predicted molar refractivity (Wildman–Crippen MR) is 187 cm³/mol. The average Bonchev–Trinajstić information content (AvgIpc) is 3.05. The zero-order valence-electron chi connectivity index (χ0n) is 28.1. The Labute approximate surface area is 269 Å². The first-order valence-electron chi connectivity index (χ1n) is 14.7. The lowest BCUT2D eigenvalue weighted by atomic mass is 10.0. The van der Waals surface area contributed by atoms with Crippen molar-refractivity contribution in [1.82, 2.24) is 0 Å². The Kier molecular flexibility index (Phi) is 17.0. The third-order valence-corrected chi connectivity index (χ3v) is 6.55. The van der Waals surface area contributed by atoms with E-state index in [4.69, 9.17) is 9.47 Å². The van der Waals surface area contributed by atoms with Crippen LogP contribution in [-0.4, -0.2) is 45.7 Å². The average molecular weight is 610 g/mol. The maximum atomic E-state index is 11.0. The zero-order chi connectivity index (χ0) is 33.9. The fourth-order valence-electron chi connectivity index (χ4n) is 3.74. The van der Waals surface area contributed by atoms with E-state index < -0.39 is 0 Å². The van der Waals surface area contributed by atoms with Crippen molar-refractivity contribution in [3.05, 3.63) is 131 Å². The summed E-state index contributed by atoms with van der Waals surface area (Å²) >= 11 is 0. The number of hydrogen-bond acceptors (Lipinski definition) is 6. The minimum atomic E-state index is 0.0592. The molecule has 4 rings (SSSR count). The van der Waals surface area contributed by atoms with Crippen molar-refractivity contribution in [1.29, 1.82) is 0 Å². The summed E-state index contributed by atoms with van der Waals surface area (Å²) in [5.41, 5.74) is 6.59. The number of ketones is 3. The summed E-state index contributed by atoms with van der Waals surface area (Å²) in [6.45, 7) is 12.6. The Morgan fingerprint density at radius 3 is 1.49 bits per heavy atom. The number of allylic oxidation sites excluding steroid dienone is 1. The molecule has 0 aliphatic carbocycles. The fourth-order valence-corrected chi connectivity index (χ4v) is 3.74. The second-order valence-electron chi connectivity index (χ2n) is 10.4. The number of anilines is 1. The van der Waals surface area contributed by atoms with Gasteiger partial charge in [0.2, 0.25) is 0 Å². The second kappa shape index (κ2) is 20.1. The van der Waals surface area contributed by atoms with Gasteiger partial charge in [-0.25, -0.2) is 0 Å². The Morgan fingerprint density at radius 1 is 0.600 bits per heavy atom. The lowest BCUT2D eigenvalue weighted by molar-refractivity contribution is 0.100. The third kappa shape index (κ3) is 14.4. The summed E-state index contributed by atoms with van der Waals surface area (Å²) < 4.78 is 10.0. The van der Waals surface area contributed by atoms with Crippen LogP contribution in [-0.2, 0) is 6.42 Å². The van der Waals surface area contributed by atoms with Crippen molar-refractivity contribution < 1.29 is 23.9 Å². The molecule has 0 heterocycles. The first kappa shape index (κ1) is 38.1. The molecule has 4 aromatic carbocycles. The van der Waals surface area contributed by atoms with Gasteiger partial charge in [0.15, 0.2) is 17.3 Å². The van der Waals surface area contributed by atoms with Crippen molar-refractivity contribution in [3.63, 3.8) is 0 Å². The highest BCUT2D eigenvalue weighted by Crippen LogP contribution is 2.15. The van der Waals surface area contributed by atoms with Gasteiger partial charge in [-0.2, -0.15) is 0 Å². The Morgan fingerprint density at radius 2 is 1.02 bits per heavy atom. The van der Waals surface area contributed by atoms with E-state index in [0.717, 1.165) is 45.9 Å². The SMILES string of the molecule is C=C(C)c1cccc(C(C)=O)c1.CC(=O)c1cccc(N(C)C)c1.CCc1cccc(OC)c1.COc1cccc(C(C)=O)c1. The number of ether oxygens (including phenoxy) is 2. The van der Waals surface area contributed by atoms with Crippen LogP contribution in [0.15, 0.2) is 104 Å². The maximum absolute atomic E-state index is 11.0. The topological polar surface area (TPSA) is 72.9 Å².